The Bertz CT molecular complexity index is 858. The minimum absolute atomic E-state index is 0. The molecule has 0 radical (unpaired) electrons. The summed E-state index contributed by atoms with van der Waals surface area (Å²) >= 11 is 0. The predicted octanol–water partition coefficient (Wildman–Crippen LogP) is 2.98. The number of aliphatic imine (C=N–C) groups is 1. The van der Waals surface area contributed by atoms with E-state index >= 15 is 0 Å². The standard InChI is InChI=1S/C19H24N6.HI/c1-3-18-24-23-14-25(18)11-10-21-19(20-2)22-13-15-8-9-16-6-4-5-7-17(16)12-15;/h4-9,12,14H,3,10-11,13H2,1-2H3,(H2,20,21,22);1H. The average molecular weight is 464 g/mol. The number of hydrogen-bond donors (Lipinski definition) is 2. The lowest BCUT2D eigenvalue weighted by molar-refractivity contribution is 0.632. The summed E-state index contributed by atoms with van der Waals surface area (Å²) in [5.74, 6) is 1.79. The van der Waals surface area contributed by atoms with E-state index in [-0.39, 0.29) is 24.0 Å². The molecule has 0 unspecified atom stereocenters. The molecule has 1 aromatic heterocycles. The zero-order valence-electron chi connectivity index (χ0n) is 15.1. The first-order chi connectivity index (χ1) is 12.3. The summed E-state index contributed by atoms with van der Waals surface area (Å²) in [4.78, 5) is 4.28. The average Bonchev–Trinajstić information content (AvgIpc) is 3.11. The maximum Gasteiger partial charge on any atom is 0.191 e. The Labute approximate surface area is 171 Å². The molecule has 0 aliphatic heterocycles. The van der Waals surface area contributed by atoms with Gasteiger partial charge in [-0.2, -0.15) is 0 Å². The zero-order valence-corrected chi connectivity index (χ0v) is 17.5. The normalized spacial score (nSPS) is 11.2. The second kappa shape index (κ2) is 10.1. The van der Waals surface area contributed by atoms with Crippen molar-refractivity contribution in [1.29, 1.82) is 0 Å². The number of nitrogens with one attached hydrogen (secondary N) is 2. The Morgan fingerprint density at radius 1 is 1.12 bits per heavy atom. The van der Waals surface area contributed by atoms with Crippen molar-refractivity contribution < 1.29 is 0 Å². The summed E-state index contributed by atoms with van der Waals surface area (Å²) in [5, 5.41) is 17.2. The number of guanidine groups is 1. The Morgan fingerprint density at radius 3 is 2.69 bits per heavy atom. The zero-order chi connectivity index (χ0) is 17.5. The van der Waals surface area contributed by atoms with Gasteiger partial charge in [0.25, 0.3) is 0 Å². The van der Waals surface area contributed by atoms with E-state index in [9.17, 15) is 0 Å². The van der Waals surface area contributed by atoms with Crippen molar-refractivity contribution in [3.8, 4) is 0 Å². The van der Waals surface area contributed by atoms with E-state index in [1.54, 1.807) is 13.4 Å². The monoisotopic (exact) mass is 464 g/mol. The van der Waals surface area contributed by atoms with Crippen LogP contribution in [0, 0.1) is 0 Å². The largest absolute Gasteiger partial charge is 0.355 e. The van der Waals surface area contributed by atoms with E-state index in [0.717, 1.165) is 37.8 Å². The third kappa shape index (κ3) is 5.17. The van der Waals surface area contributed by atoms with Gasteiger partial charge in [-0.05, 0) is 22.4 Å². The van der Waals surface area contributed by atoms with Crippen LogP contribution < -0.4 is 10.6 Å². The molecule has 0 aliphatic carbocycles. The lowest BCUT2D eigenvalue weighted by Gasteiger charge is -2.13. The van der Waals surface area contributed by atoms with Crippen molar-refractivity contribution in [3.05, 3.63) is 60.2 Å². The van der Waals surface area contributed by atoms with Crippen LogP contribution in [0.3, 0.4) is 0 Å². The van der Waals surface area contributed by atoms with Crippen LogP contribution in [0.1, 0.15) is 18.3 Å². The minimum Gasteiger partial charge on any atom is -0.355 e. The van der Waals surface area contributed by atoms with Gasteiger partial charge in [0, 0.05) is 33.1 Å². The number of benzene rings is 2. The highest BCUT2D eigenvalue weighted by atomic mass is 127. The molecule has 1 heterocycles. The van der Waals surface area contributed by atoms with Gasteiger partial charge in [-0.15, -0.1) is 34.2 Å². The second-order valence-electron chi connectivity index (χ2n) is 5.83. The van der Waals surface area contributed by atoms with Crippen LogP contribution in [0.15, 0.2) is 53.8 Å². The topological polar surface area (TPSA) is 67.1 Å². The summed E-state index contributed by atoms with van der Waals surface area (Å²) < 4.78 is 2.06. The van der Waals surface area contributed by atoms with Crippen molar-refractivity contribution >= 4 is 40.7 Å². The molecule has 0 bridgehead atoms. The van der Waals surface area contributed by atoms with Crippen molar-refractivity contribution in [2.75, 3.05) is 13.6 Å². The summed E-state index contributed by atoms with van der Waals surface area (Å²) in [6.07, 6.45) is 2.65. The van der Waals surface area contributed by atoms with Crippen molar-refractivity contribution in [2.24, 2.45) is 4.99 Å². The second-order valence-corrected chi connectivity index (χ2v) is 5.83. The Morgan fingerprint density at radius 2 is 1.92 bits per heavy atom. The first kappa shape index (κ1) is 20.2. The number of rotatable bonds is 6. The highest BCUT2D eigenvalue weighted by Crippen LogP contribution is 2.15. The number of fused-ring (bicyclic) bond motifs is 1. The lowest BCUT2D eigenvalue weighted by Crippen LogP contribution is -2.38. The lowest BCUT2D eigenvalue weighted by atomic mass is 10.1. The van der Waals surface area contributed by atoms with Gasteiger partial charge < -0.3 is 15.2 Å². The van der Waals surface area contributed by atoms with E-state index in [4.69, 9.17) is 0 Å². The quantitative estimate of drug-likeness (QED) is 0.335. The Balaban J connectivity index is 0.00000243. The molecule has 3 rings (SSSR count). The summed E-state index contributed by atoms with van der Waals surface area (Å²) in [6.45, 7) is 4.39. The Kier molecular flexibility index (Phi) is 7.83. The molecular weight excluding hydrogens is 439 g/mol. The molecule has 2 N–H and O–H groups in total. The van der Waals surface area contributed by atoms with Gasteiger partial charge in [0.2, 0.25) is 0 Å². The fourth-order valence-corrected chi connectivity index (χ4v) is 2.79. The molecule has 2 aromatic carbocycles. The molecule has 0 spiro atoms. The molecule has 0 amide bonds. The Hall–Kier alpha value is -2.16. The number of aryl methyl sites for hydroxylation is 1. The van der Waals surface area contributed by atoms with Crippen molar-refractivity contribution in [2.45, 2.75) is 26.4 Å². The highest BCUT2D eigenvalue weighted by molar-refractivity contribution is 14.0. The molecule has 3 aromatic rings. The molecule has 0 atom stereocenters. The first-order valence-electron chi connectivity index (χ1n) is 8.59. The van der Waals surface area contributed by atoms with E-state index < -0.39 is 0 Å². The molecule has 138 valence electrons. The van der Waals surface area contributed by atoms with Gasteiger partial charge in [0.05, 0.1) is 0 Å². The van der Waals surface area contributed by atoms with E-state index in [0.29, 0.717) is 0 Å². The van der Waals surface area contributed by atoms with Gasteiger partial charge in [0.1, 0.15) is 12.2 Å². The third-order valence-electron chi connectivity index (χ3n) is 4.15. The maximum absolute atomic E-state index is 4.28. The van der Waals surface area contributed by atoms with E-state index in [2.05, 4.69) is 79.8 Å². The summed E-state index contributed by atoms with van der Waals surface area (Å²) in [7, 11) is 1.78. The van der Waals surface area contributed by atoms with Crippen LogP contribution >= 0.6 is 24.0 Å². The summed E-state index contributed by atoms with van der Waals surface area (Å²) in [6, 6.07) is 14.9. The first-order valence-corrected chi connectivity index (χ1v) is 8.59. The predicted molar refractivity (Wildman–Crippen MR) is 117 cm³/mol. The smallest absolute Gasteiger partial charge is 0.191 e. The number of aromatic nitrogens is 3. The van der Waals surface area contributed by atoms with Crippen LogP contribution in [0.25, 0.3) is 10.8 Å². The molecule has 7 heteroatoms. The number of nitrogens with zero attached hydrogens (tertiary/aromatic N) is 4. The minimum atomic E-state index is 0. The third-order valence-corrected chi connectivity index (χ3v) is 4.15. The van der Waals surface area contributed by atoms with Gasteiger partial charge in [-0.25, -0.2) is 0 Å². The van der Waals surface area contributed by atoms with Crippen molar-refractivity contribution in [3.63, 3.8) is 0 Å². The van der Waals surface area contributed by atoms with Crippen LogP contribution in [-0.2, 0) is 19.5 Å². The van der Waals surface area contributed by atoms with Crippen LogP contribution in [-0.4, -0.2) is 34.3 Å². The SMILES string of the molecule is CCc1nncn1CCNC(=NC)NCc1ccc2ccccc2c1.I. The molecule has 26 heavy (non-hydrogen) atoms. The number of hydrogen-bond acceptors (Lipinski definition) is 3. The molecular formula is C19H25IN6. The van der Waals surface area contributed by atoms with Crippen LogP contribution in [0.4, 0.5) is 0 Å². The van der Waals surface area contributed by atoms with Gasteiger partial charge in [-0.1, -0.05) is 43.3 Å². The molecule has 0 aliphatic rings. The van der Waals surface area contributed by atoms with E-state index in [1.807, 2.05) is 0 Å². The summed E-state index contributed by atoms with van der Waals surface area (Å²) in [5.41, 5.74) is 1.23. The fourth-order valence-electron chi connectivity index (χ4n) is 2.79. The van der Waals surface area contributed by atoms with Gasteiger partial charge in [-0.3, -0.25) is 4.99 Å². The van der Waals surface area contributed by atoms with Gasteiger partial charge >= 0.3 is 0 Å². The van der Waals surface area contributed by atoms with E-state index in [1.165, 1.54) is 16.3 Å². The van der Waals surface area contributed by atoms with Crippen molar-refractivity contribution in [1.82, 2.24) is 25.4 Å². The van der Waals surface area contributed by atoms with Gasteiger partial charge in [0.15, 0.2) is 5.96 Å². The molecule has 0 saturated carbocycles. The highest BCUT2D eigenvalue weighted by Gasteiger charge is 2.03. The van der Waals surface area contributed by atoms with Crippen LogP contribution in [0.2, 0.25) is 0 Å². The van der Waals surface area contributed by atoms with Crippen LogP contribution in [0.5, 0.6) is 0 Å². The maximum atomic E-state index is 4.28. The molecule has 0 fully saturated rings. The molecule has 0 saturated heterocycles. The molecule has 6 nitrogen and oxygen atoms in total. The fraction of sp³-hybridized carbons (Fsp3) is 0.316. The number of halogens is 1.